The zero-order valence-electron chi connectivity index (χ0n) is 13.0. The van der Waals surface area contributed by atoms with Crippen molar-refractivity contribution in [2.24, 2.45) is 5.41 Å². The highest BCUT2D eigenvalue weighted by Crippen LogP contribution is 2.36. The van der Waals surface area contributed by atoms with Gasteiger partial charge in [-0.05, 0) is 37.8 Å². The summed E-state index contributed by atoms with van der Waals surface area (Å²) in [6, 6.07) is 6.64. The lowest BCUT2D eigenvalue weighted by Crippen LogP contribution is -2.43. The lowest BCUT2D eigenvalue weighted by molar-refractivity contribution is -0.131. The largest absolute Gasteiger partial charge is 0.381 e. The molecule has 1 saturated heterocycles. The van der Waals surface area contributed by atoms with Crippen molar-refractivity contribution < 1.29 is 13.9 Å². The third-order valence-corrected chi connectivity index (χ3v) is 5.13. The molecule has 1 fully saturated rings. The number of ether oxygens (including phenoxy) is 1. The zero-order valence-corrected chi connectivity index (χ0v) is 13.8. The van der Waals surface area contributed by atoms with Crippen LogP contribution in [0.5, 0.6) is 0 Å². The van der Waals surface area contributed by atoms with E-state index in [0.717, 1.165) is 5.69 Å². The number of nitrogens with one attached hydrogen (secondary N) is 1. The van der Waals surface area contributed by atoms with E-state index in [9.17, 15) is 9.18 Å². The van der Waals surface area contributed by atoms with Crippen LogP contribution in [0.1, 0.15) is 24.1 Å². The van der Waals surface area contributed by atoms with Gasteiger partial charge in [0.25, 0.3) is 0 Å². The molecule has 0 spiro atoms. The summed E-state index contributed by atoms with van der Waals surface area (Å²) >= 11 is 1.40. The van der Waals surface area contributed by atoms with Gasteiger partial charge in [-0.1, -0.05) is 18.2 Å². The summed E-state index contributed by atoms with van der Waals surface area (Å²) < 4.78 is 19.4. The van der Waals surface area contributed by atoms with E-state index in [-0.39, 0.29) is 11.7 Å². The number of thiazole rings is 1. The summed E-state index contributed by atoms with van der Waals surface area (Å²) in [5, 5.41) is 5.39. The molecule has 1 aliphatic rings. The van der Waals surface area contributed by atoms with Gasteiger partial charge >= 0.3 is 0 Å². The average molecular weight is 334 g/mol. The van der Waals surface area contributed by atoms with Crippen molar-refractivity contribution >= 4 is 22.4 Å². The van der Waals surface area contributed by atoms with Crippen LogP contribution in [0, 0.1) is 18.2 Å². The number of rotatable bonds is 4. The van der Waals surface area contributed by atoms with Gasteiger partial charge in [0.1, 0.15) is 5.82 Å². The number of nitrogens with zero attached hydrogens (tertiary/aromatic N) is 1. The number of hydrogen-bond donors (Lipinski definition) is 1. The van der Waals surface area contributed by atoms with Crippen molar-refractivity contribution in [1.29, 1.82) is 0 Å². The van der Waals surface area contributed by atoms with E-state index in [1.807, 2.05) is 12.3 Å². The van der Waals surface area contributed by atoms with E-state index in [0.29, 0.717) is 43.2 Å². The van der Waals surface area contributed by atoms with Gasteiger partial charge in [0, 0.05) is 18.6 Å². The Morgan fingerprint density at radius 2 is 2.13 bits per heavy atom. The first-order valence-corrected chi connectivity index (χ1v) is 8.52. The third-order valence-electron chi connectivity index (χ3n) is 4.26. The Morgan fingerprint density at radius 1 is 1.39 bits per heavy atom. The van der Waals surface area contributed by atoms with Crippen molar-refractivity contribution in [2.45, 2.75) is 26.2 Å². The van der Waals surface area contributed by atoms with Crippen LogP contribution in [0.4, 0.5) is 9.52 Å². The van der Waals surface area contributed by atoms with Gasteiger partial charge in [0.2, 0.25) is 5.91 Å². The molecular weight excluding hydrogens is 315 g/mol. The molecule has 4 nitrogen and oxygen atoms in total. The molecule has 1 N–H and O–H groups in total. The highest BCUT2D eigenvalue weighted by Gasteiger charge is 2.41. The van der Waals surface area contributed by atoms with Gasteiger partial charge in [-0.3, -0.25) is 4.79 Å². The molecule has 3 rings (SSSR count). The van der Waals surface area contributed by atoms with Gasteiger partial charge in [0.15, 0.2) is 5.13 Å². The third kappa shape index (κ3) is 3.59. The molecule has 1 aromatic heterocycles. The van der Waals surface area contributed by atoms with Crippen molar-refractivity contribution in [2.75, 3.05) is 18.5 Å². The van der Waals surface area contributed by atoms with Crippen LogP contribution >= 0.6 is 11.3 Å². The molecule has 6 heteroatoms. The number of hydrogen-bond acceptors (Lipinski definition) is 4. The number of carbonyl (C=O) groups is 1. The minimum Gasteiger partial charge on any atom is -0.381 e. The maximum absolute atomic E-state index is 14.0. The summed E-state index contributed by atoms with van der Waals surface area (Å²) in [5.74, 6) is -0.366. The first-order chi connectivity index (χ1) is 11.1. The molecule has 23 heavy (non-hydrogen) atoms. The molecule has 1 amide bonds. The van der Waals surface area contributed by atoms with Crippen LogP contribution in [0.25, 0.3) is 0 Å². The lowest BCUT2D eigenvalue weighted by atomic mass is 9.74. The molecule has 0 unspecified atom stereocenters. The van der Waals surface area contributed by atoms with Crippen LogP contribution < -0.4 is 5.32 Å². The Kier molecular flexibility index (Phi) is 4.73. The van der Waals surface area contributed by atoms with E-state index in [4.69, 9.17) is 4.74 Å². The van der Waals surface area contributed by atoms with Crippen LogP contribution in [-0.4, -0.2) is 24.1 Å². The van der Waals surface area contributed by atoms with Crippen molar-refractivity contribution in [1.82, 2.24) is 4.98 Å². The molecule has 2 heterocycles. The molecule has 1 aliphatic heterocycles. The lowest BCUT2D eigenvalue weighted by Gasteiger charge is -2.35. The molecule has 0 saturated carbocycles. The number of aromatic nitrogens is 1. The van der Waals surface area contributed by atoms with E-state index in [2.05, 4.69) is 10.3 Å². The number of benzene rings is 1. The molecule has 0 bridgehead atoms. The van der Waals surface area contributed by atoms with Crippen LogP contribution in [0.15, 0.2) is 29.6 Å². The number of carbonyl (C=O) groups excluding carboxylic acids is 1. The molecule has 122 valence electrons. The van der Waals surface area contributed by atoms with Crippen molar-refractivity contribution in [3.63, 3.8) is 0 Å². The van der Waals surface area contributed by atoms with Crippen LogP contribution in [0.2, 0.25) is 0 Å². The number of halogens is 1. The van der Waals surface area contributed by atoms with Crippen molar-refractivity contribution in [3.05, 3.63) is 46.7 Å². The summed E-state index contributed by atoms with van der Waals surface area (Å²) in [5.41, 5.74) is 0.792. The quantitative estimate of drug-likeness (QED) is 0.930. The topological polar surface area (TPSA) is 51.2 Å². The molecule has 0 radical (unpaired) electrons. The second-order valence-corrected chi connectivity index (χ2v) is 6.77. The van der Waals surface area contributed by atoms with E-state index in [1.54, 1.807) is 18.2 Å². The highest BCUT2D eigenvalue weighted by molar-refractivity contribution is 7.13. The predicted molar refractivity (Wildman–Crippen MR) is 88.1 cm³/mol. The summed E-state index contributed by atoms with van der Waals surface area (Å²) in [6.45, 7) is 2.91. The minimum atomic E-state index is -0.653. The fourth-order valence-electron chi connectivity index (χ4n) is 2.89. The Morgan fingerprint density at radius 3 is 2.78 bits per heavy atom. The Hall–Kier alpha value is -1.79. The van der Waals surface area contributed by atoms with Gasteiger partial charge in [-0.2, -0.15) is 0 Å². The fourth-order valence-corrected chi connectivity index (χ4v) is 3.58. The summed E-state index contributed by atoms with van der Waals surface area (Å²) in [7, 11) is 0. The first kappa shape index (κ1) is 16.1. The minimum absolute atomic E-state index is 0.0987. The van der Waals surface area contributed by atoms with Gasteiger partial charge in [-0.25, -0.2) is 9.37 Å². The normalized spacial score (nSPS) is 17.0. The predicted octanol–water partition coefficient (Wildman–Crippen LogP) is 3.57. The first-order valence-electron chi connectivity index (χ1n) is 7.64. The molecule has 1 aromatic carbocycles. The van der Waals surface area contributed by atoms with Gasteiger partial charge in [-0.15, -0.1) is 11.3 Å². The Labute approximate surface area is 138 Å². The molecule has 0 aliphatic carbocycles. The number of amides is 1. The zero-order chi connectivity index (χ0) is 16.3. The smallest absolute Gasteiger partial charge is 0.232 e. The monoisotopic (exact) mass is 334 g/mol. The maximum atomic E-state index is 14.0. The van der Waals surface area contributed by atoms with Crippen LogP contribution in [0.3, 0.4) is 0 Å². The van der Waals surface area contributed by atoms with E-state index >= 15 is 0 Å². The molecular formula is C17H19FN2O2S. The maximum Gasteiger partial charge on any atom is 0.232 e. The van der Waals surface area contributed by atoms with Gasteiger partial charge in [0.05, 0.1) is 11.1 Å². The standard InChI is InChI=1S/C17H19FN2O2S/c1-12-11-23-16(19-12)20-15(21)17(6-8-22-9-7-17)10-13-4-2-3-5-14(13)18/h2-5,11H,6-10H2,1H3,(H,19,20,21). The molecule has 2 aromatic rings. The SMILES string of the molecule is Cc1csc(NC(=O)C2(Cc3ccccc3F)CCOCC2)n1. The number of anilines is 1. The van der Waals surface area contributed by atoms with Crippen molar-refractivity contribution in [3.8, 4) is 0 Å². The highest BCUT2D eigenvalue weighted by atomic mass is 32.1. The van der Waals surface area contributed by atoms with E-state index < -0.39 is 5.41 Å². The second kappa shape index (κ2) is 6.76. The van der Waals surface area contributed by atoms with Crippen LogP contribution in [-0.2, 0) is 16.0 Å². The summed E-state index contributed by atoms with van der Waals surface area (Å²) in [6.07, 6.45) is 1.54. The second-order valence-electron chi connectivity index (χ2n) is 5.91. The Bertz CT molecular complexity index is 695. The average Bonchev–Trinajstić information content (AvgIpc) is 2.95. The van der Waals surface area contributed by atoms with Gasteiger partial charge < -0.3 is 10.1 Å². The summed E-state index contributed by atoms with van der Waals surface area (Å²) in [4.78, 5) is 17.2. The Balaban J connectivity index is 1.84. The van der Waals surface area contributed by atoms with E-state index in [1.165, 1.54) is 17.4 Å². The fraction of sp³-hybridized carbons (Fsp3) is 0.412. The number of aryl methyl sites for hydroxylation is 1. The molecule has 0 atom stereocenters.